The highest BCUT2D eigenvalue weighted by molar-refractivity contribution is 7.14. The molecule has 1 aromatic rings. The van der Waals surface area contributed by atoms with Gasteiger partial charge in [0.05, 0.1) is 6.61 Å². The molecule has 1 N–H and O–H groups in total. The number of anilines is 1. The predicted molar refractivity (Wildman–Crippen MR) is 52.8 cm³/mol. The molecule has 1 aromatic heterocycles. The van der Waals surface area contributed by atoms with E-state index in [9.17, 15) is 9.59 Å². The molecule has 0 fully saturated rings. The molecule has 6 heteroatoms. The zero-order chi connectivity index (χ0) is 10.6. The zero-order valence-electron chi connectivity index (χ0n) is 7.86. The van der Waals surface area contributed by atoms with Crippen LogP contribution in [0.1, 0.15) is 24.3 Å². The molecular formula is C8H10N2O3S. The number of nitrogens with one attached hydrogen (secondary N) is 1. The van der Waals surface area contributed by atoms with Crippen molar-refractivity contribution in [3.8, 4) is 0 Å². The van der Waals surface area contributed by atoms with Crippen molar-refractivity contribution < 1.29 is 14.3 Å². The first-order chi connectivity index (χ1) is 6.63. The van der Waals surface area contributed by atoms with Crippen molar-refractivity contribution >= 4 is 28.3 Å². The number of thiazole rings is 1. The average molecular weight is 214 g/mol. The van der Waals surface area contributed by atoms with E-state index in [1.54, 1.807) is 12.3 Å². The summed E-state index contributed by atoms with van der Waals surface area (Å²) in [5.74, 6) is -0.127. The number of ketones is 1. The first-order valence-electron chi connectivity index (χ1n) is 4.03. The molecule has 0 atom stereocenters. The fraction of sp³-hybridized carbons (Fsp3) is 0.375. The fourth-order valence-corrected chi connectivity index (χ4v) is 1.48. The van der Waals surface area contributed by atoms with Crippen molar-refractivity contribution in [3.63, 3.8) is 0 Å². The molecule has 0 radical (unpaired) electrons. The van der Waals surface area contributed by atoms with Gasteiger partial charge >= 0.3 is 6.09 Å². The van der Waals surface area contributed by atoms with Crippen LogP contribution in [0.3, 0.4) is 0 Å². The van der Waals surface area contributed by atoms with Crippen LogP contribution < -0.4 is 5.32 Å². The number of rotatable bonds is 3. The van der Waals surface area contributed by atoms with E-state index in [0.717, 1.165) is 0 Å². The van der Waals surface area contributed by atoms with Crippen molar-refractivity contribution in [2.24, 2.45) is 0 Å². The summed E-state index contributed by atoms with van der Waals surface area (Å²) in [7, 11) is 0. The normalized spacial score (nSPS) is 9.57. The maximum atomic E-state index is 10.9. The van der Waals surface area contributed by atoms with Gasteiger partial charge in [-0.2, -0.15) is 0 Å². The lowest BCUT2D eigenvalue weighted by Crippen LogP contribution is -2.13. The highest BCUT2D eigenvalue weighted by Gasteiger charge is 2.08. The van der Waals surface area contributed by atoms with Crippen molar-refractivity contribution in [2.45, 2.75) is 13.8 Å². The van der Waals surface area contributed by atoms with E-state index in [-0.39, 0.29) is 5.78 Å². The molecule has 0 unspecified atom stereocenters. The number of carbonyl (C=O) groups excluding carboxylic acids is 2. The van der Waals surface area contributed by atoms with Crippen LogP contribution in [0.4, 0.5) is 9.93 Å². The summed E-state index contributed by atoms with van der Waals surface area (Å²) in [6.07, 6.45) is -0.558. The Balaban J connectivity index is 2.59. The molecule has 5 nitrogen and oxygen atoms in total. The van der Waals surface area contributed by atoms with Gasteiger partial charge in [-0.05, 0) is 6.92 Å². The monoisotopic (exact) mass is 214 g/mol. The Labute approximate surface area is 85.1 Å². The average Bonchev–Trinajstić information content (AvgIpc) is 2.53. The van der Waals surface area contributed by atoms with Crippen LogP contribution >= 0.6 is 11.3 Å². The largest absolute Gasteiger partial charge is 0.450 e. The van der Waals surface area contributed by atoms with Gasteiger partial charge < -0.3 is 4.74 Å². The van der Waals surface area contributed by atoms with Gasteiger partial charge in [0, 0.05) is 12.3 Å². The molecule has 0 aliphatic rings. The molecule has 1 amide bonds. The third-order valence-electron chi connectivity index (χ3n) is 1.35. The lowest BCUT2D eigenvalue weighted by molar-refractivity contribution is 0.101. The Morgan fingerprint density at radius 1 is 1.64 bits per heavy atom. The van der Waals surface area contributed by atoms with E-state index < -0.39 is 6.09 Å². The van der Waals surface area contributed by atoms with Crippen LogP contribution in [0, 0.1) is 0 Å². The smallest absolute Gasteiger partial charge is 0.413 e. The second-order valence-electron chi connectivity index (χ2n) is 2.44. The third kappa shape index (κ3) is 2.81. The van der Waals surface area contributed by atoms with Gasteiger partial charge in [-0.25, -0.2) is 9.78 Å². The number of hydrogen-bond donors (Lipinski definition) is 1. The summed E-state index contributed by atoms with van der Waals surface area (Å²) in [6.45, 7) is 3.43. The minimum absolute atomic E-state index is 0.127. The predicted octanol–water partition coefficient (Wildman–Crippen LogP) is 1.91. The minimum atomic E-state index is -0.558. The first-order valence-corrected chi connectivity index (χ1v) is 4.91. The highest BCUT2D eigenvalue weighted by atomic mass is 32.1. The lowest BCUT2D eigenvalue weighted by Gasteiger charge is -1.99. The van der Waals surface area contributed by atoms with Crippen molar-refractivity contribution in [3.05, 3.63) is 11.1 Å². The summed E-state index contributed by atoms with van der Waals surface area (Å²) in [6, 6.07) is 0. The highest BCUT2D eigenvalue weighted by Crippen LogP contribution is 2.15. The molecule has 1 heterocycles. The molecule has 0 aliphatic carbocycles. The second kappa shape index (κ2) is 4.71. The third-order valence-corrected chi connectivity index (χ3v) is 2.11. The Morgan fingerprint density at radius 3 is 2.86 bits per heavy atom. The van der Waals surface area contributed by atoms with Gasteiger partial charge in [-0.3, -0.25) is 10.1 Å². The van der Waals surface area contributed by atoms with E-state index >= 15 is 0 Å². The number of hydrogen-bond acceptors (Lipinski definition) is 5. The summed E-state index contributed by atoms with van der Waals surface area (Å²) >= 11 is 1.19. The molecule has 0 saturated heterocycles. The molecule has 14 heavy (non-hydrogen) atoms. The minimum Gasteiger partial charge on any atom is -0.450 e. The van der Waals surface area contributed by atoms with Crippen LogP contribution in [-0.2, 0) is 4.74 Å². The van der Waals surface area contributed by atoms with E-state index in [1.807, 2.05) is 0 Å². The Hall–Kier alpha value is -1.43. The maximum Gasteiger partial charge on any atom is 0.413 e. The topological polar surface area (TPSA) is 68.3 Å². The quantitative estimate of drug-likeness (QED) is 0.780. The maximum absolute atomic E-state index is 10.9. The van der Waals surface area contributed by atoms with Crippen LogP contribution in [0.2, 0.25) is 0 Å². The second-order valence-corrected chi connectivity index (χ2v) is 3.30. The lowest BCUT2D eigenvalue weighted by atomic mass is 10.4. The summed E-state index contributed by atoms with van der Waals surface area (Å²) in [4.78, 5) is 25.7. The Kier molecular flexibility index (Phi) is 3.58. The van der Waals surface area contributed by atoms with Crippen molar-refractivity contribution in [2.75, 3.05) is 11.9 Å². The van der Waals surface area contributed by atoms with Gasteiger partial charge in [0.25, 0.3) is 0 Å². The van der Waals surface area contributed by atoms with Crippen molar-refractivity contribution in [1.29, 1.82) is 0 Å². The number of nitrogens with zero attached hydrogens (tertiary/aromatic N) is 1. The van der Waals surface area contributed by atoms with Gasteiger partial charge in [0.15, 0.2) is 10.9 Å². The molecule has 76 valence electrons. The van der Waals surface area contributed by atoms with E-state index in [1.165, 1.54) is 18.3 Å². The standard InChI is InChI=1S/C8H10N2O3S/c1-3-13-8(12)10-7-9-6(4-14-7)5(2)11/h4H,3H2,1-2H3,(H,9,10,12). The van der Waals surface area contributed by atoms with E-state index in [4.69, 9.17) is 0 Å². The van der Waals surface area contributed by atoms with Gasteiger partial charge in [0.2, 0.25) is 0 Å². The Morgan fingerprint density at radius 2 is 2.36 bits per heavy atom. The summed E-state index contributed by atoms with van der Waals surface area (Å²) in [5.41, 5.74) is 0.349. The van der Waals surface area contributed by atoms with Crippen molar-refractivity contribution in [1.82, 2.24) is 4.98 Å². The van der Waals surface area contributed by atoms with E-state index in [2.05, 4.69) is 15.0 Å². The summed E-state index contributed by atoms with van der Waals surface area (Å²) < 4.78 is 4.65. The zero-order valence-corrected chi connectivity index (χ0v) is 8.68. The van der Waals surface area contributed by atoms with Crippen LogP contribution in [0.5, 0.6) is 0 Å². The molecule has 0 saturated carbocycles. The number of ether oxygens (including phenoxy) is 1. The molecule has 0 bridgehead atoms. The van der Waals surface area contributed by atoms with Gasteiger partial charge in [-0.15, -0.1) is 11.3 Å². The first kappa shape index (κ1) is 10.6. The number of carbonyl (C=O) groups is 2. The van der Waals surface area contributed by atoms with Crippen LogP contribution in [0.25, 0.3) is 0 Å². The molecular weight excluding hydrogens is 204 g/mol. The SMILES string of the molecule is CCOC(=O)Nc1nc(C(C)=O)cs1. The molecule has 0 spiro atoms. The van der Waals surface area contributed by atoms with Crippen LogP contribution in [0.15, 0.2) is 5.38 Å². The van der Waals surface area contributed by atoms with Gasteiger partial charge in [-0.1, -0.05) is 0 Å². The number of aromatic nitrogens is 1. The van der Waals surface area contributed by atoms with Gasteiger partial charge in [0.1, 0.15) is 5.69 Å². The van der Waals surface area contributed by atoms with E-state index in [0.29, 0.717) is 17.4 Å². The number of amides is 1. The summed E-state index contributed by atoms with van der Waals surface area (Å²) in [5, 5.41) is 4.37. The molecule has 1 rings (SSSR count). The molecule has 0 aromatic carbocycles. The van der Waals surface area contributed by atoms with Crippen LogP contribution in [-0.4, -0.2) is 23.5 Å². The Bertz CT molecular complexity index is 348. The molecule has 0 aliphatic heterocycles. The number of Topliss-reactive ketones (excluding diaryl/α,β-unsaturated/α-hetero) is 1. The fourth-order valence-electron chi connectivity index (χ4n) is 0.747.